The number of anilines is 1. The quantitative estimate of drug-likeness (QED) is 0.184. The summed E-state index contributed by atoms with van der Waals surface area (Å²) in [4.78, 5) is 0. The Labute approximate surface area is 272 Å². The molecule has 11 rings (SSSR count). The number of hydrogen-bond acceptors (Lipinski definition) is 1. The summed E-state index contributed by atoms with van der Waals surface area (Å²) in [6.45, 7) is -0.104. The van der Waals surface area contributed by atoms with Crippen LogP contribution in [0.5, 0.6) is 0 Å². The minimum atomic E-state index is -2.59. The zero-order valence-electron chi connectivity index (χ0n) is 27.4. The molecule has 4 unspecified atom stereocenters. The molecule has 2 aromatic carbocycles. The van der Waals surface area contributed by atoms with E-state index in [0.29, 0.717) is 21.3 Å². The van der Waals surface area contributed by atoms with Crippen molar-refractivity contribution in [1.82, 2.24) is 0 Å². The monoisotopic (exact) mass is 629 g/mol. The Hall–Kier alpha value is -1.04. The fourth-order valence-corrected chi connectivity index (χ4v) is 29.9. The van der Waals surface area contributed by atoms with Gasteiger partial charge in [0.1, 0.15) is 0 Å². The van der Waals surface area contributed by atoms with Crippen LogP contribution in [-0.2, 0) is 0 Å². The first-order valence-electron chi connectivity index (χ1n) is 19.0. The Bertz CT molecular complexity index is 1370. The van der Waals surface area contributed by atoms with Gasteiger partial charge in [0.2, 0.25) is 0 Å². The number of unbranched alkanes of at least 4 members (excludes halogenated alkanes) is 1. The van der Waals surface area contributed by atoms with Crippen LogP contribution in [0.25, 0.3) is 11.1 Å². The van der Waals surface area contributed by atoms with Gasteiger partial charge in [-0.25, -0.2) is 0 Å². The molecule has 9 aliphatic rings. The molecule has 4 atom stereocenters. The second kappa shape index (κ2) is 10.2. The summed E-state index contributed by atoms with van der Waals surface area (Å²) in [5, 5.41) is 1.36. The number of halogens is 1. The predicted octanol–water partition coefficient (Wildman–Crippen LogP) is 11.7. The van der Waals surface area contributed by atoms with Crippen LogP contribution >= 0.6 is 18.2 Å². The van der Waals surface area contributed by atoms with Gasteiger partial charge in [-0.05, 0) is 0 Å². The number of alkyl halides is 1. The van der Waals surface area contributed by atoms with Crippen LogP contribution in [-0.4, -0.2) is 27.8 Å². The summed E-state index contributed by atoms with van der Waals surface area (Å²) in [6.07, 6.45) is 26.5. The number of nitrogen functional groups attached to an aromatic ring is 1. The van der Waals surface area contributed by atoms with Crippen LogP contribution in [0.2, 0.25) is 0 Å². The zero-order chi connectivity index (χ0) is 29.8. The van der Waals surface area contributed by atoms with Gasteiger partial charge in [-0.15, -0.1) is 0 Å². The predicted molar refractivity (Wildman–Crippen MR) is 191 cm³/mol. The summed E-state index contributed by atoms with van der Waals surface area (Å²) >= 11 is 8.48. The van der Waals surface area contributed by atoms with E-state index in [-0.39, 0.29) is 0 Å². The van der Waals surface area contributed by atoms with E-state index in [4.69, 9.17) is 17.3 Å². The molecule has 8 aliphatic carbocycles. The molecule has 0 spiro atoms. The molecule has 8 saturated carbocycles. The molecule has 44 heavy (non-hydrogen) atoms. The second-order valence-electron chi connectivity index (χ2n) is 17.8. The van der Waals surface area contributed by atoms with Crippen molar-refractivity contribution >= 4 is 23.9 Å². The molecule has 2 aromatic rings. The molecule has 3 heteroatoms. The maximum absolute atomic E-state index is 8.48. The summed E-state index contributed by atoms with van der Waals surface area (Å²) in [5.41, 5.74) is 12.8. The Kier molecular flexibility index (Phi) is 6.77. The van der Waals surface area contributed by atoms with Gasteiger partial charge >= 0.3 is 274 Å². The van der Waals surface area contributed by atoms with E-state index in [2.05, 4.69) is 55.5 Å². The molecule has 1 saturated heterocycles. The second-order valence-corrected chi connectivity index (χ2v) is 25.2. The van der Waals surface area contributed by atoms with Crippen LogP contribution in [0, 0.1) is 35.5 Å². The third-order valence-electron chi connectivity index (χ3n) is 16.2. The van der Waals surface area contributed by atoms with Crippen molar-refractivity contribution in [3.63, 3.8) is 0 Å². The molecular formula is C41H57ClNP. The SMILES string of the molecule is CCCCP1(C23CC4CC(CC(C4)C2)C3)(C23CC4CC(CC(C4)C2c2c(N)cccc2-c2ccccc2)C3)CCCCC1Cl. The molecular weight excluding hydrogens is 573 g/mol. The standard InChI is InChI=1S/C41H57ClNP/c1-2-3-15-44(16-8-7-14-37(44)42,40-23-28-17-29(24-40)19-30(18-28)25-40)41-26-31-20-32(27-41)22-34(21-31)39(41)38-35(12-9-13-36(38)43)33-10-5-4-6-11-33/h4-6,9-13,28-32,34,37,39H,2-3,7-8,14-27,43H2,1H3. The Morgan fingerprint density at radius 1 is 0.773 bits per heavy atom. The normalized spacial score (nSPS) is 45.2. The van der Waals surface area contributed by atoms with Crippen molar-refractivity contribution in [3.8, 4) is 11.1 Å². The fraction of sp³-hybridized carbons (Fsp3) is 0.707. The average molecular weight is 630 g/mol. The molecule has 9 fully saturated rings. The van der Waals surface area contributed by atoms with Gasteiger partial charge in [0.05, 0.1) is 0 Å². The minimum absolute atomic E-state index is 0.382. The molecule has 0 aromatic heterocycles. The Morgan fingerprint density at radius 2 is 1.41 bits per heavy atom. The van der Waals surface area contributed by atoms with Crippen molar-refractivity contribution in [1.29, 1.82) is 0 Å². The Balaban J connectivity index is 1.35. The first-order valence-corrected chi connectivity index (χ1v) is 22.1. The van der Waals surface area contributed by atoms with E-state index in [1.54, 1.807) is 44.1 Å². The summed E-state index contributed by atoms with van der Waals surface area (Å²) < 4.78 is 0. The number of hydrogen-bond donors (Lipinski definition) is 1. The topological polar surface area (TPSA) is 26.0 Å². The number of nitrogens with two attached hydrogens (primary N) is 1. The molecule has 2 N–H and O–H groups in total. The van der Waals surface area contributed by atoms with E-state index in [9.17, 15) is 0 Å². The van der Waals surface area contributed by atoms with Crippen LogP contribution in [0.3, 0.4) is 0 Å². The third kappa shape index (κ3) is 3.59. The summed E-state index contributed by atoms with van der Waals surface area (Å²) in [5.74, 6) is 6.19. The van der Waals surface area contributed by atoms with E-state index < -0.39 is 6.60 Å². The molecule has 238 valence electrons. The van der Waals surface area contributed by atoms with Crippen molar-refractivity contribution < 1.29 is 0 Å². The van der Waals surface area contributed by atoms with Gasteiger partial charge < -0.3 is 0 Å². The van der Waals surface area contributed by atoms with Crippen LogP contribution < -0.4 is 5.73 Å². The first-order chi connectivity index (χ1) is 21.4. The molecule has 0 radical (unpaired) electrons. The van der Waals surface area contributed by atoms with E-state index >= 15 is 0 Å². The van der Waals surface area contributed by atoms with Gasteiger partial charge in [0.15, 0.2) is 0 Å². The maximum atomic E-state index is 8.48. The van der Waals surface area contributed by atoms with Gasteiger partial charge in [-0.3, -0.25) is 0 Å². The summed E-state index contributed by atoms with van der Waals surface area (Å²) in [7, 11) is 0. The summed E-state index contributed by atoms with van der Waals surface area (Å²) in [6, 6.07) is 18.3. The molecule has 1 heterocycles. The van der Waals surface area contributed by atoms with E-state index in [1.165, 1.54) is 87.7 Å². The number of benzene rings is 2. The molecule has 8 bridgehead atoms. The van der Waals surface area contributed by atoms with Crippen LogP contribution in [0.15, 0.2) is 48.5 Å². The molecule has 1 nitrogen and oxygen atoms in total. The zero-order valence-corrected chi connectivity index (χ0v) is 29.0. The first kappa shape index (κ1) is 29.1. The average Bonchev–Trinajstić information content (AvgIpc) is 3.01. The third-order valence-corrected chi connectivity index (χ3v) is 27.9. The number of rotatable bonds is 7. The molecule has 0 amide bonds. The van der Waals surface area contributed by atoms with Gasteiger partial charge in [0, 0.05) is 0 Å². The van der Waals surface area contributed by atoms with Gasteiger partial charge in [0.25, 0.3) is 0 Å². The van der Waals surface area contributed by atoms with Gasteiger partial charge in [-0.2, -0.15) is 0 Å². The fourth-order valence-electron chi connectivity index (χ4n) is 15.8. The van der Waals surface area contributed by atoms with Crippen LogP contribution in [0.1, 0.15) is 121 Å². The van der Waals surface area contributed by atoms with E-state index in [0.717, 1.165) is 41.2 Å². The van der Waals surface area contributed by atoms with Crippen molar-refractivity contribution in [3.05, 3.63) is 54.1 Å². The van der Waals surface area contributed by atoms with Gasteiger partial charge in [-0.1, -0.05) is 0 Å². The Morgan fingerprint density at radius 3 is 2.02 bits per heavy atom. The van der Waals surface area contributed by atoms with E-state index in [1.807, 2.05) is 0 Å². The van der Waals surface area contributed by atoms with Crippen molar-refractivity contribution in [2.24, 2.45) is 35.5 Å². The molecule has 1 aliphatic heterocycles. The van der Waals surface area contributed by atoms with Crippen molar-refractivity contribution in [2.45, 2.75) is 131 Å². The van der Waals surface area contributed by atoms with Crippen molar-refractivity contribution in [2.75, 3.05) is 18.1 Å². The van der Waals surface area contributed by atoms with Crippen LogP contribution in [0.4, 0.5) is 5.69 Å².